The molecular weight excluding hydrogens is 682 g/mol. The van der Waals surface area contributed by atoms with Crippen molar-refractivity contribution in [1.29, 1.82) is 5.26 Å². The van der Waals surface area contributed by atoms with Gasteiger partial charge in [-0.3, -0.25) is 0 Å². The van der Waals surface area contributed by atoms with E-state index in [1.54, 1.807) is 16.3 Å². The first-order chi connectivity index (χ1) is 22.6. The summed E-state index contributed by atoms with van der Waals surface area (Å²) in [7, 11) is 1.44. The Kier molecular flexibility index (Phi) is 8.51. The Labute approximate surface area is 279 Å². The van der Waals surface area contributed by atoms with Gasteiger partial charge < -0.3 is 18.9 Å². The summed E-state index contributed by atoms with van der Waals surface area (Å²) in [6.07, 6.45) is -7.38. The highest BCUT2D eigenvalue weighted by atomic mass is 35.5. The van der Waals surface area contributed by atoms with Gasteiger partial charge in [0.15, 0.2) is 12.0 Å². The van der Waals surface area contributed by atoms with Gasteiger partial charge in [0.1, 0.15) is 52.4 Å². The Bertz CT molecular complexity index is 1950. The predicted octanol–water partition coefficient (Wildman–Crippen LogP) is 6.59. The second-order valence-corrected chi connectivity index (χ2v) is 12.3. The minimum Gasteiger partial charge on any atom is -0.376 e. The van der Waals surface area contributed by atoms with Gasteiger partial charge in [0, 0.05) is 29.1 Å². The van der Waals surface area contributed by atoms with Gasteiger partial charge in [0.05, 0.1) is 29.7 Å². The number of rotatable bonds is 6. The number of methoxy groups -OCH3 is 1. The Hall–Kier alpha value is -3.88. The third-order valence-electron chi connectivity index (χ3n) is 7.84. The van der Waals surface area contributed by atoms with Crippen LogP contribution in [0.1, 0.15) is 41.0 Å². The van der Waals surface area contributed by atoms with E-state index in [1.165, 1.54) is 24.5 Å². The lowest BCUT2D eigenvalue weighted by molar-refractivity contribution is -0.320. The fraction of sp³-hybridized carbons (Fsp3) is 0.300. The topological polar surface area (TPSA) is 122 Å². The highest BCUT2D eigenvalue weighted by Gasteiger charge is 2.53. The van der Waals surface area contributed by atoms with Crippen molar-refractivity contribution in [3.05, 3.63) is 98.9 Å². The van der Waals surface area contributed by atoms with Crippen LogP contribution < -0.4 is 0 Å². The van der Waals surface area contributed by atoms with E-state index in [2.05, 4.69) is 20.4 Å². The summed E-state index contributed by atoms with van der Waals surface area (Å²) in [6.45, 7) is 0.0571. The maximum absolute atomic E-state index is 14.2. The van der Waals surface area contributed by atoms with Crippen LogP contribution in [-0.4, -0.2) is 61.8 Å². The molecule has 0 spiro atoms. The van der Waals surface area contributed by atoms with Gasteiger partial charge in [-0.2, -0.15) is 23.5 Å². The molecule has 5 aromatic rings. The van der Waals surface area contributed by atoms with Crippen LogP contribution in [0.15, 0.2) is 66.2 Å². The molecule has 242 valence electrons. The lowest BCUT2D eigenvalue weighted by Gasteiger charge is -2.49. The van der Waals surface area contributed by atoms with E-state index in [-0.39, 0.29) is 28.7 Å². The molecule has 2 saturated heterocycles. The van der Waals surface area contributed by atoms with Gasteiger partial charge in [-0.15, -0.1) is 16.4 Å². The van der Waals surface area contributed by atoms with Crippen molar-refractivity contribution >= 4 is 34.5 Å². The maximum Gasteiger partial charge on any atom is 0.418 e. The largest absolute Gasteiger partial charge is 0.418 e. The Morgan fingerprint density at radius 2 is 1.91 bits per heavy atom. The first kappa shape index (κ1) is 31.7. The molecule has 2 aliphatic rings. The second kappa shape index (κ2) is 12.6. The number of thiazole rings is 1. The van der Waals surface area contributed by atoms with E-state index >= 15 is 0 Å². The van der Waals surface area contributed by atoms with Gasteiger partial charge >= 0.3 is 6.18 Å². The molecule has 2 aromatic carbocycles. The highest BCUT2D eigenvalue weighted by Crippen LogP contribution is 2.46. The molecule has 0 saturated carbocycles. The van der Waals surface area contributed by atoms with Crippen molar-refractivity contribution in [1.82, 2.24) is 29.8 Å². The molecule has 0 N–H and O–H groups in total. The Morgan fingerprint density at radius 3 is 2.62 bits per heavy atom. The van der Waals surface area contributed by atoms with Crippen LogP contribution in [0.3, 0.4) is 0 Å². The first-order valence-corrected chi connectivity index (χ1v) is 15.7. The minimum absolute atomic E-state index is 0.0391. The first-order valence-electron chi connectivity index (χ1n) is 14.0. The average Bonchev–Trinajstić information content (AvgIpc) is 3.83. The third kappa shape index (κ3) is 6.02. The van der Waals surface area contributed by atoms with Gasteiger partial charge in [-0.1, -0.05) is 58.7 Å². The number of nitrogens with zero attached hydrogens (tertiary/aromatic N) is 7. The van der Waals surface area contributed by atoms with Gasteiger partial charge in [0.2, 0.25) is 0 Å². The van der Waals surface area contributed by atoms with Crippen LogP contribution in [0.5, 0.6) is 0 Å². The van der Waals surface area contributed by atoms with E-state index in [0.717, 1.165) is 28.4 Å². The van der Waals surface area contributed by atoms with Gasteiger partial charge in [-0.25, -0.2) is 14.3 Å². The molecule has 0 aliphatic carbocycles. The van der Waals surface area contributed by atoms with Crippen LogP contribution >= 0.6 is 34.5 Å². The molecule has 11 nitrogen and oxygen atoms in total. The van der Waals surface area contributed by atoms with E-state index in [0.29, 0.717) is 15.9 Å². The normalized spacial score (nSPS) is 24.5. The predicted molar refractivity (Wildman–Crippen MR) is 162 cm³/mol. The Balaban J connectivity index is 1.35. The van der Waals surface area contributed by atoms with Crippen molar-refractivity contribution in [2.45, 2.75) is 42.9 Å². The summed E-state index contributed by atoms with van der Waals surface area (Å²) in [5.74, 6) is 0. The number of alkyl halides is 3. The molecule has 0 amide bonds. The van der Waals surface area contributed by atoms with E-state index in [4.69, 9.17) is 42.1 Å². The molecule has 0 radical (unpaired) electrons. The van der Waals surface area contributed by atoms with Crippen molar-refractivity contribution in [3.8, 4) is 22.5 Å². The van der Waals surface area contributed by atoms with Gasteiger partial charge in [0.25, 0.3) is 0 Å². The number of hydrogen-bond donors (Lipinski definition) is 0. The summed E-state index contributed by atoms with van der Waals surface area (Å²) in [5, 5.41) is 25.2. The molecule has 5 heterocycles. The van der Waals surface area contributed by atoms with Crippen molar-refractivity contribution < 1.29 is 32.1 Å². The van der Waals surface area contributed by atoms with Crippen molar-refractivity contribution in [2.75, 3.05) is 13.7 Å². The number of ether oxygens (including phenoxy) is 4. The molecule has 2 fully saturated rings. The lowest BCUT2D eigenvalue weighted by atomic mass is 9.89. The molecule has 3 aromatic heterocycles. The van der Waals surface area contributed by atoms with E-state index in [9.17, 15) is 18.4 Å². The zero-order valence-electron chi connectivity index (χ0n) is 24.1. The number of hydrogen-bond acceptors (Lipinski definition) is 10. The van der Waals surface area contributed by atoms with Crippen LogP contribution in [0, 0.1) is 11.3 Å². The zero-order valence-corrected chi connectivity index (χ0v) is 26.4. The SMILES string of the molecule is COC1C(n2cc(-c3nc(Cl)cs3)nn2)[C@H]2OC(c3ccccc3)OCC2O[C@H]1c1cc(C#N)nn1-c1cc(Cl)ccc1C(F)(F)F. The lowest BCUT2D eigenvalue weighted by Crippen LogP contribution is -2.57. The molecule has 6 atom stereocenters. The number of aromatic nitrogens is 6. The number of benzene rings is 2. The summed E-state index contributed by atoms with van der Waals surface area (Å²) < 4.78 is 70.4. The van der Waals surface area contributed by atoms with Crippen molar-refractivity contribution in [2.24, 2.45) is 0 Å². The Morgan fingerprint density at radius 1 is 1.11 bits per heavy atom. The summed E-state index contributed by atoms with van der Waals surface area (Å²) >= 11 is 13.5. The monoisotopic (exact) mass is 703 g/mol. The zero-order chi connectivity index (χ0) is 32.9. The maximum atomic E-state index is 14.2. The molecular formula is C30H22Cl2F3N7O4S. The summed E-state index contributed by atoms with van der Waals surface area (Å²) in [5.41, 5.74) is -0.213. The quantitative estimate of drug-likeness (QED) is 0.193. The fourth-order valence-corrected chi connectivity index (χ4v) is 6.90. The minimum atomic E-state index is -4.76. The second-order valence-electron chi connectivity index (χ2n) is 10.7. The standard InChI is InChI=1S/C30H22Cl2F3N7O4S/c1-43-27-24(41-12-19(38-40-41)28-37-23(32)14-47-28)26-22(13-44-29(46-26)15-5-3-2-4-6-15)45-25(27)21-10-17(11-36)39-42(21)20-9-16(31)7-8-18(20)30(33,34)35/h2-10,12,14,22,24-27,29H,13H2,1H3/t22?,24?,25-,26-,27?,29?/m0/s1. The van der Waals surface area contributed by atoms with Crippen molar-refractivity contribution in [3.63, 3.8) is 0 Å². The smallest absolute Gasteiger partial charge is 0.376 e. The molecule has 0 bridgehead atoms. The highest BCUT2D eigenvalue weighted by molar-refractivity contribution is 7.13. The number of fused-ring (bicyclic) bond motifs is 1. The van der Waals surface area contributed by atoms with E-state index < -0.39 is 48.5 Å². The summed E-state index contributed by atoms with van der Waals surface area (Å²) in [4.78, 5) is 4.28. The molecule has 2 aliphatic heterocycles. The third-order valence-corrected chi connectivity index (χ3v) is 9.27. The van der Waals surface area contributed by atoms with Crippen LogP contribution in [0.4, 0.5) is 13.2 Å². The fourth-order valence-electron chi connectivity index (χ4n) is 5.84. The van der Waals surface area contributed by atoms with Crippen LogP contribution in [0.25, 0.3) is 16.4 Å². The summed E-state index contributed by atoms with van der Waals surface area (Å²) in [6, 6.07) is 15.0. The van der Waals surface area contributed by atoms with E-state index in [1.807, 2.05) is 36.4 Å². The molecule has 17 heteroatoms. The van der Waals surface area contributed by atoms with Crippen LogP contribution in [0.2, 0.25) is 10.2 Å². The van der Waals surface area contributed by atoms with Gasteiger partial charge in [-0.05, 0) is 18.2 Å². The number of halogens is 5. The average molecular weight is 705 g/mol. The van der Waals surface area contributed by atoms with Crippen LogP contribution in [-0.2, 0) is 25.1 Å². The molecule has 7 rings (SSSR count). The molecule has 4 unspecified atom stereocenters. The number of nitriles is 1. The molecule has 47 heavy (non-hydrogen) atoms.